The monoisotopic (exact) mass is 303 g/mol. The number of piperazine rings is 1. The lowest BCUT2D eigenvalue weighted by Crippen LogP contribution is -2.43. The first-order valence-corrected chi connectivity index (χ1v) is 8.20. The number of nitrogens with zero attached hydrogens (tertiary/aromatic N) is 1. The minimum absolute atomic E-state index is 0.664. The van der Waals surface area contributed by atoms with Crippen molar-refractivity contribution < 1.29 is 4.21 Å². The first kappa shape index (κ1) is 15.7. The number of hydrogen-bond acceptors (Lipinski definition) is 3. The van der Waals surface area contributed by atoms with Gasteiger partial charge in [-0.15, -0.1) is 0 Å². The molecule has 112 valence electrons. The van der Waals surface area contributed by atoms with Crippen LogP contribution in [0.2, 0.25) is 0 Å². The summed E-state index contributed by atoms with van der Waals surface area (Å²) in [6.07, 6.45) is 0. The zero-order valence-corrected chi connectivity index (χ0v) is 12.8. The molecule has 1 saturated heterocycles. The average Bonchev–Trinajstić information content (AvgIpc) is 2.58. The van der Waals surface area contributed by atoms with Gasteiger partial charge in [0.2, 0.25) is 0 Å². The molecule has 0 aromatic heterocycles. The number of nitrogens with one attached hydrogen (secondary N) is 1. The van der Waals surface area contributed by atoms with Gasteiger partial charge in [-0.1, -0.05) is 36.4 Å². The Hall–Kier alpha value is -1.69. The van der Waals surface area contributed by atoms with Crippen molar-refractivity contribution in [2.24, 2.45) is 5.14 Å². The molecule has 0 bridgehead atoms. The highest BCUT2D eigenvalue weighted by molar-refractivity contribution is 7.82. The number of hydrogen-bond donors (Lipinski definition) is 2. The van der Waals surface area contributed by atoms with Crippen molar-refractivity contribution in [2.45, 2.75) is 4.90 Å². The summed E-state index contributed by atoms with van der Waals surface area (Å²) in [4.78, 5) is 3.08. The summed E-state index contributed by atoms with van der Waals surface area (Å²) in [6.45, 7) is 4.47. The molecule has 2 aromatic carbocycles. The van der Waals surface area contributed by atoms with Gasteiger partial charge in [0, 0.05) is 31.9 Å². The van der Waals surface area contributed by atoms with Gasteiger partial charge in [-0.25, -0.2) is 9.35 Å². The average molecular weight is 303 g/mol. The number of benzene rings is 2. The molecule has 21 heavy (non-hydrogen) atoms. The molecule has 3 N–H and O–H groups in total. The van der Waals surface area contributed by atoms with Crippen LogP contribution in [0.15, 0.2) is 65.6 Å². The number of rotatable bonds is 2. The third kappa shape index (κ3) is 5.30. The van der Waals surface area contributed by atoms with Crippen molar-refractivity contribution in [1.82, 2.24) is 5.32 Å². The summed E-state index contributed by atoms with van der Waals surface area (Å²) in [7, 11) is -1.33. The minimum Gasteiger partial charge on any atom is -0.369 e. The van der Waals surface area contributed by atoms with E-state index in [1.165, 1.54) is 5.69 Å². The van der Waals surface area contributed by atoms with Crippen LogP contribution in [0.4, 0.5) is 5.69 Å². The molecular formula is C16H21N3OS. The Morgan fingerprint density at radius 1 is 0.905 bits per heavy atom. The zero-order chi connectivity index (χ0) is 14.9. The number of nitrogens with two attached hydrogens (primary N) is 1. The summed E-state index contributed by atoms with van der Waals surface area (Å²) >= 11 is 0. The standard InChI is InChI=1S/C10H14N2.C6H7NOS/c1-2-4-10(5-3-1)12-8-6-11-7-9-12;7-9(8)6-4-2-1-3-5-6/h1-5,11H,6-9H2;1-5H,7H2. The van der Waals surface area contributed by atoms with E-state index < -0.39 is 11.0 Å². The normalized spacial score (nSPS) is 15.8. The van der Waals surface area contributed by atoms with Crippen LogP contribution in [0, 0.1) is 0 Å². The number of para-hydroxylation sites is 1. The van der Waals surface area contributed by atoms with Crippen LogP contribution >= 0.6 is 0 Å². The van der Waals surface area contributed by atoms with Crippen molar-refractivity contribution >= 4 is 16.7 Å². The fraction of sp³-hybridized carbons (Fsp3) is 0.250. The maximum atomic E-state index is 10.5. The molecular weight excluding hydrogens is 282 g/mol. The molecule has 1 aliphatic heterocycles. The van der Waals surface area contributed by atoms with Crippen molar-refractivity contribution in [3.63, 3.8) is 0 Å². The van der Waals surface area contributed by atoms with E-state index in [1.54, 1.807) is 24.3 Å². The summed E-state index contributed by atoms with van der Waals surface area (Å²) in [5, 5.41) is 8.43. The molecule has 1 heterocycles. The van der Waals surface area contributed by atoms with Gasteiger partial charge in [-0.2, -0.15) is 0 Å². The van der Waals surface area contributed by atoms with E-state index in [1.807, 2.05) is 6.07 Å². The molecule has 1 aliphatic rings. The third-order valence-electron chi connectivity index (χ3n) is 3.21. The van der Waals surface area contributed by atoms with Gasteiger partial charge in [0.1, 0.15) is 11.0 Å². The summed E-state index contributed by atoms with van der Waals surface area (Å²) in [6, 6.07) is 19.5. The van der Waals surface area contributed by atoms with Crippen LogP contribution in [0.3, 0.4) is 0 Å². The predicted octanol–water partition coefficient (Wildman–Crippen LogP) is 1.76. The van der Waals surface area contributed by atoms with Crippen LogP contribution in [0.5, 0.6) is 0 Å². The molecule has 1 atom stereocenters. The van der Waals surface area contributed by atoms with E-state index >= 15 is 0 Å². The molecule has 4 nitrogen and oxygen atoms in total. The van der Waals surface area contributed by atoms with E-state index in [0.717, 1.165) is 26.2 Å². The second kappa shape index (κ2) is 8.56. The highest BCUT2D eigenvalue weighted by atomic mass is 32.2. The van der Waals surface area contributed by atoms with Crippen LogP contribution in [-0.4, -0.2) is 30.4 Å². The lowest BCUT2D eigenvalue weighted by molar-refractivity contribution is 0.589. The third-order valence-corrected chi connectivity index (χ3v) is 3.95. The smallest absolute Gasteiger partial charge is 0.122 e. The van der Waals surface area contributed by atoms with Gasteiger partial charge in [0.25, 0.3) is 0 Å². The fourth-order valence-corrected chi connectivity index (χ4v) is 2.54. The van der Waals surface area contributed by atoms with E-state index in [4.69, 9.17) is 5.14 Å². The molecule has 0 radical (unpaired) electrons. The van der Waals surface area contributed by atoms with Crippen molar-refractivity contribution in [2.75, 3.05) is 31.1 Å². The summed E-state index contributed by atoms with van der Waals surface area (Å²) < 4.78 is 10.5. The van der Waals surface area contributed by atoms with E-state index in [-0.39, 0.29) is 0 Å². The van der Waals surface area contributed by atoms with Gasteiger partial charge < -0.3 is 10.2 Å². The summed E-state index contributed by atoms with van der Waals surface area (Å²) in [5.74, 6) is 0. The van der Waals surface area contributed by atoms with Crippen molar-refractivity contribution in [1.29, 1.82) is 0 Å². The first-order chi connectivity index (χ1) is 10.3. The highest BCUT2D eigenvalue weighted by Gasteiger charge is 2.08. The highest BCUT2D eigenvalue weighted by Crippen LogP contribution is 2.12. The van der Waals surface area contributed by atoms with E-state index in [9.17, 15) is 4.21 Å². The van der Waals surface area contributed by atoms with E-state index in [2.05, 4.69) is 40.5 Å². The Bertz CT molecular complexity index is 542. The molecule has 3 rings (SSSR count). The van der Waals surface area contributed by atoms with Crippen molar-refractivity contribution in [3.05, 3.63) is 60.7 Å². The molecule has 1 unspecified atom stereocenters. The largest absolute Gasteiger partial charge is 0.369 e. The van der Waals surface area contributed by atoms with Gasteiger partial charge >= 0.3 is 0 Å². The Kier molecular flexibility index (Phi) is 6.40. The van der Waals surface area contributed by atoms with Crippen LogP contribution in [0.25, 0.3) is 0 Å². The zero-order valence-electron chi connectivity index (χ0n) is 11.9. The Morgan fingerprint density at radius 2 is 1.43 bits per heavy atom. The fourth-order valence-electron chi connectivity index (χ4n) is 2.12. The maximum absolute atomic E-state index is 10.5. The first-order valence-electron chi connectivity index (χ1n) is 6.99. The molecule has 0 amide bonds. The minimum atomic E-state index is -1.33. The summed E-state index contributed by atoms with van der Waals surface area (Å²) in [5.41, 5.74) is 1.35. The maximum Gasteiger partial charge on any atom is 0.122 e. The van der Waals surface area contributed by atoms with Crippen molar-refractivity contribution in [3.8, 4) is 0 Å². The van der Waals surface area contributed by atoms with Crippen LogP contribution in [0.1, 0.15) is 0 Å². The Labute approximate surface area is 128 Å². The molecule has 2 aromatic rings. The topological polar surface area (TPSA) is 58.4 Å². The SMILES string of the molecule is NS(=O)c1ccccc1.c1ccc(N2CCNCC2)cc1. The second-order valence-corrected chi connectivity index (χ2v) is 5.75. The van der Waals surface area contributed by atoms with E-state index in [0.29, 0.717) is 4.90 Å². The second-order valence-electron chi connectivity index (χ2n) is 4.68. The van der Waals surface area contributed by atoms with Gasteiger partial charge in [-0.05, 0) is 24.3 Å². The Balaban J connectivity index is 0.000000161. The molecule has 0 aliphatic carbocycles. The van der Waals surface area contributed by atoms with Gasteiger partial charge in [-0.3, -0.25) is 0 Å². The lowest BCUT2D eigenvalue weighted by Gasteiger charge is -2.29. The molecule has 0 saturated carbocycles. The quantitative estimate of drug-likeness (QED) is 0.889. The lowest BCUT2D eigenvalue weighted by atomic mass is 10.2. The molecule has 5 heteroatoms. The van der Waals surface area contributed by atoms with Gasteiger partial charge in [0.15, 0.2) is 0 Å². The van der Waals surface area contributed by atoms with Crippen LogP contribution in [-0.2, 0) is 11.0 Å². The molecule has 0 spiro atoms. The number of anilines is 1. The predicted molar refractivity (Wildman–Crippen MR) is 88.6 cm³/mol. The Morgan fingerprint density at radius 3 is 1.90 bits per heavy atom. The van der Waals surface area contributed by atoms with Crippen LogP contribution < -0.4 is 15.4 Å². The van der Waals surface area contributed by atoms with Gasteiger partial charge in [0.05, 0.1) is 4.90 Å². The molecule has 1 fully saturated rings.